The minimum Gasteiger partial charge on any atom is -0.497 e. The summed E-state index contributed by atoms with van der Waals surface area (Å²) < 4.78 is 11.4. The molecule has 3 aromatic carbocycles. The fourth-order valence-electron chi connectivity index (χ4n) is 5.30. The van der Waals surface area contributed by atoms with Crippen molar-refractivity contribution < 1.29 is 9.47 Å². The number of likely N-dealkylation sites (tertiary alicyclic amines) is 1. The number of allylic oxidation sites excluding steroid dienone is 2. The van der Waals surface area contributed by atoms with Crippen LogP contribution in [0.25, 0.3) is 11.1 Å². The Morgan fingerprint density at radius 3 is 2.26 bits per heavy atom. The molecular weight excluding hydrogens is 418 g/mol. The Morgan fingerprint density at radius 2 is 1.50 bits per heavy atom. The minimum absolute atomic E-state index is 0.763. The number of rotatable bonds is 8. The molecular formula is C31H35NO2. The number of hydrogen-bond donors (Lipinski definition) is 0. The quantitative estimate of drug-likeness (QED) is 0.381. The summed E-state index contributed by atoms with van der Waals surface area (Å²) in [5.74, 6) is 1.87. The zero-order chi connectivity index (χ0) is 23.2. The molecule has 0 amide bonds. The van der Waals surface area contributed by atoms with Crippen LogP contribution >= 0.6 is 0 Å². The highest BCUT2D eigenvalue weighted by molar-refractivity contribution is 5.94. The zero-order valence-electron chi connectivity index (χ0n) is 20.3. The molecule has 1 heterocycles. The van der Waals surface area contributed by atoms with E-state index in [1.54, 1.807) is 7.11 Å². The van der Waals surface area contributed by atoms with E-state index < -0.39 is 0 Å². The topological polar surface area (TPSA) is 21.7 Å². The molecule has 0 saturated carbocycles. The van der Waals surface area contributed by atoms with Gasteiger partial charge in [-0.3, -0.25) is 4.90 Å². The molecule has 0 radical (unpaired) electrons. The average molecular weight is 454 g/mol. The lowest BCUT2D eigenvalue weighted by Gasteiger charge is -2.26. The van der Waals surface area contributed by atoms with Gasteiger partial charge < -0.3 is 9.47 Å². The van der Waals surface area contributed by atoms with Gasteiger partial charge >= 0.3 is 0 Å². The highest BCUT2D eigenvalue weighted by Gasteiger charge is 2.20. The lowest BCUT2D eigenvalue weighted by molar-refractivity contribution is 0.183. The summed E-state index contributed by atoms with van der Waals surface area (Å²) in [7, 11) is 1.72. The van der Waals surface area contributed by atoms with E-state index >= 15 is 0 Å². The van der Waals surface area contributed by atoms with Crippen molar-refractivity contribution in [1.82, 2.24) is 4.90 Å². The molecule has 0 bridgehead atoms. The summed E-state index contributed by atoms with van der Waals surface area (Å²) >= 11 is 0. The van der Waals surface area contributed by atoms with Crippen LogP contribution in [0.5, 0.6) is 11.5 Å². The van der Waals surface area contributed by atoms with Crippen molar-refractivity contribution in [2.45, 2.75) is 38.5 Å². The Labute approximate surface area is 204 Å². The van der Waals surface area contributed by atoms with Gasteiger partial charge in [-0.15, -0.1) is 0 Å². The summed E-state index contributed by atoms with van der Waals surface area (Å²) in [6, 6.07) is 26.1. The molecule has 2 aliphatic rings. The van der Waals surface area contributed by atoms with Crippen LogP contribution in [-0.4, -0.2) is 38.3 Å². The van der Waals surface area contributed by atoms with Crippen LogP contribution in [0, 0.1) is 0 Å². The summed E-state index contributed by atoms with van der Waals surface area (Å²) in [5, 5.41) is 0. The van der Waals surface area contributed by atoms with E-state index in [0.29, 0.717) is 0 Å². The van der Waals surface area contributed by atoms with Gasteiger partial charge in [-0.05, 0) is 103 Å². The Bertz CT molecular complexity index is 1110. The maximum Gasteiger partial charge on any atom is 0.119 e. The number of aryl methyl sites for hydroxylation is 1. The summed E-state index contributed by atoms with van der Waals surface area (Å²) in [6.45, 7) is 4.22. The van der Waals surface area contributed by atoms with Crippen molar-refractivity contribution in [3.8, 4) is 11.5 Å². The van der Waals surface area contributed by atoms with Crippen molar-refractivity contribution in [1.29, 1.82) is 0 Å². The molecule has 3 heteroatoms. The van der Waals surface area contributed by atoms with Gasteiger partial charge in [-0.1, -0.05) is 55.0 Å². The van der Waals surface area contributed by atoms with Gasteiger partial charge in [0.2, 0.25) is 0 Å². The van der Waals surface area contributed by atoms with Crippen LogP contribution in [0.1, 0.15) is 47.9 Å². The predicted octanol–water partition coefficient (Wildman–Crippen LogP) is 6.66. The SMILES string of the molecule is COc1ccc(C2=C(Cc3ccc(OCCN4CCCCC4)cc3)c3ccccc3CC2)cc1. The largest absolute Gasteiger partial charge is 0.497 e. The van der Waals surface area contributed by atoms with Crippen LogP contribution < -0.4 is 9.47 Å². The summed E-state index contributed by atoms with van der Waals surface area (Å²) in [6.07, 6.45) is 7.10. The molecule has 0 unspecified atom stereocenters. The van der Waals surface area contributed by atoms with Crippen molar-refractivity contribution in [2.75, 3.05) is 33.4 Å². The molecule has 1 aliphatic heterocycles. The third kappa shape index (κ3) is 5.37. The van der Waals surface area contributed by atoms with Crippen LogP contribution in [0.3, 0.4) is 0 Å². The van der Waals surface area contributed by atoms with E-state index in [2.05, 4.69) is 77.7 Å². The van der Waals surface area contributed by atoms with Gasteiger partial charge in [-0.25, -0.2) is 0 Å². The number of benzene rings is 3. The Kier molecular flexibility index (Phi) is 7.31. The van der Waals surface area contributed by atoms with E-state index in [1.165, 1.54) is 65.8 Å². The molecule has 0 atom stereocenters. The number of methoxy groups -OCH3 is 1. The second-order valence-electron chi connectivity index (χ2n) is 9.41. The zero-order valence-corrected chi connectivity index (χ0v) is 20.3. The van der Waals surface area contributed by atoms with E-state index in [4.69, 9.17) is 9.47 Å². The van der Waals surface area contributed by atoms with Crippen LogP contribution in [0.4, 0.5) is 0 Å². The fraction of sp³-hybridized carbons (Fsp3) is 0.355. The lowest BCUT2D eigenvalue weighted by atomic mass is 9.80. The van der Waals surface area contributed by atoms with Gasteiger partial charge in [0.15, 0.2) is 0 Å². The standard InChI is InChI=1S/C31H35NO2/c1-33-27-16-11-26(12-17-27)30-18-13-25-7-3-4-8-29(25)31(30)23-24-9-14-28(15-10-24)34-22-21-32-19-5-2-6-20-32/h3-4,7-12,14-17H,2,5-6,13,18-23H2,1H3. The molecule has 176 valence electrons. The monoisotopic (exact) mass is 453 g/mol. The van der Waals surface area contributed by atoms with E-state index in [1.807, 2.05) is 0 Å². The smallest absolute Gasteiger partial charge is 0.119 e. The average Bonchev–Trinajstić information content (AvgIpc) is 2.90. The molecule has 1 fully saturated rings. The molecule has 5 rings (SSSR count). The van der Waals surface area contributed by atoms with Crippen molar-refractivity contribution in [3.63, 3.8) is 0 Å². The van der Waals surface area contributed by atoms with Crippen LogP contribution in [0.2, 0.25) is 0 Å². The summed E-state index contributed by atoms with van der Waals surface area (Å²) in [4.78, 5) is 2.52. The summed E-state index contributed by atoms with van der Waals surface area (Å²) in [5.41, 5.74) is 8.34. The molecule has 34 heavy (non-hydrogen) atoms. The van der Waals surface area contributed by atoms with Crippen molar-refractivity contribution in [2.24, 2.45) is 0 Å². The normalized spacial score (nSPS) is 16.3. The highest BCUT2D eigenvalue weighted by atomic mass is 16.5. The molecule has 0 N–H and O–H groups in total. The molecule has 1 aliphatic carbocycles. The third-order valence-electron chi connectivity index (χ3n) is 7.22. The maximum absolute atomic E-state index is 6.06. The molecule has 1 saturated heterocycles. The third-order valence-corrected chi connectivity index (χ3v) is 7.22. The Hall–Kier alpha value is -3.04. The van der Waals surface area contributed by atoms with E-state index in [9.17, 15) is 0 Å². The van der Waals surface area contributed by atoms with Gasteiger partial charge in [-0.2, -0.15) is 0 Å². The van der Waals surface area contributed by atoms with Crippen LogP contribution in [-0.2, 0) is 12.8 Å². The fourth-order valence-corrected chi connectivity index (χ4v) is 5.30. The first-order valence-electron chi connectivity index (χ1n) is 12.7. The molecule has 3 nitrogen and oxygen atoms in total. The van der Waals surface area contributed by atoms with E-state index in [0.717, 1.165) is 43.9 Å². The number of nitrogens with zero attached hydrogens (tertiary/aromatic N) is 1. The highest BCUT2D eigenvalue weighted by Crippen LogP contribution is 2.39. The van der Waals surface area contributed by atoms with Gasteiger partial charge in [0.25, 0.3) is 0 Å². The molecule has 0 spiro atoms. The first kappa shape index (κ1) is 22.7. The van der Waals surface area contributed by atoms with Crippen LogP contribution in [0.15, 0.2) is 72.8 Å². The van der Waals surface area contributed by atoms with E-state index in [-0.39, 0.29) is 0 Å². The van der Waals surface area contributed by atoms with Crippen molar-refractivity contribution >= 4 is 11.1 Å². The second kappa shape index (κ2) is 10.9. The minimum atomic E-state index is 0.763. The number of fused-ring (bicyclic) bond motifs is 1. The second-order valence-corrected chi connectivity index (χ2v) is 9.41. The predicted molar refractivity (Wildman–Crippen MR) is 141 cm³/mol. The number of piperidine rings is 1. The number of ether oxygens (including phenoxy) is 2. The maximum atomic E-state index is 6.06. The van der Waals surface area contributed by atoms with Crippen molar-refractivity contribution in [3.05, 3.63) is 95.1 Å². The Balaban J connectivity index is 1.33. The molecule has 3 aromatic rings. The number of hydrogen-bond acceptors (Lipinski definition) is 3. The Morgan fingerprint density at radius 1 is 0.765 bits per heavy atom. The first-order valence-corrected chi connectivity index (χ1v) is 12.7. The molecule has 0 aromatic heterocycles. The van der Waals surface area contributed by atoms with Gasteiger partial charge in [0, 0.05) is 6.54 Å². The van der Waals surface area contributed by atoms with Gasteiger partial charge in [0.05, 0.1) is 7.11 Å². The van der Waals surface area contributed by atoms with Gasteiger partial charge in [0.1, 0.15) is 18.1 Å². The first-order chi connectivity index (χ1) is 16.8. The lowest BCUT2D eigenvalue weighted by Crippen LogP contribution is -2.33.